The van der Waals surface area contributed by atoms with Crippen LogP contribution in [-0.4, -0.2) is 36.3 Å². The van der Waals surface area contributed by atoms with Gasteiger partial charge in [0, 0.05) is 11.8 Å². The van der Waals surface area contributed by atoms with Gasteiger partial charge in [-0.25, -0.2) is 9.97 Å². The van der Waals surface area contributed by atoms with Gasteiger partial charge in [-0.1, -0.05) is 6.07 Å². The smallest absolute Gasteiger partial charge is 0.162 e. The Kier molecular flexibility index (Phi) is 5.03. The fraction of sp³-hybridized carbons (Fsp3) is 0.167. The zero-order valence-corrected chi connectivity index (χ0v) is 18.0. The second kappa shape index (κ2) is 8.14. The first kappa shape index (κ1) is 19.7. The van der Waals surface area contributed by atoms with Gasteiger partial charge in [-0.15, -0.1) is 0 Å². The predicted molar refractivity (Wildman–Crippen MR) is 122 cm³/mol. The van der Waals surface area contributed by atoms with Gasteiger partial charge >= 0.3 is 0 Å². The summed E-state index contributed by atoms with van der Waals surface area (Å²) in [5.74, 6) is 3.52. The van der Waals surface area contributed by atoms with Crippen LogP contribution in [0.2, 0.25) is 0 Å². The van der Waals surface area contributed by atoms with E-state index in [0.29, 0.717) is 23.9 Å². The lowest BCUT2D eigenvalue weighted by Crippen LogP contribution is -2.18. The van der Waals surface area contributed by atoms with E-state index in [-0.39, 0.29) is 0 Å². The highest BCUT2D eigenvalue weighted by Crippen LogP contribution is 2.39. The lowest BCUT2D eigenvalue weighted by Gasteiger charge is -2.24. The quantitative estimate of drug-likeness (QED) is 0.386. The summed E-state index contributed by atoms with van der Waals surface area (Å²) in [6, 6.07) is 15.4. The Balaban J connectivity index is 1.73. The Hall–Kier alpha value is -4.20. The molecule has 5 rings (SSSR count). The number of H-pyrrole nitrogens is 1. The highest BCUT2D eigenvalue weighted by atomic mass is 16.5. The molecule has 8 heteroatoms. The first-order valence-corrected chi connectivity index (χ1v) is 10.0. The molecule has 0 aliphatic rings. The molecule has 3 heterocycles. The standard InChI is InChI=1S/C24H22N4O4/c1-29-18-10-9-15(12-20(18)31-3)28(13-16-6-5-11-32-16)24-23-22(25-14-26-24)21-17(27-23)7-4-8-19(21)30-2/h4-12,14,27H,13H2,1-3H3. The molecule has 0 aliphatic carbocycles. The van der Waals surface area contributed by atoms with Crippen LogP contribution in [0.3, 0.4) is 0 Å². The summed E-state index contributed by atoms with van der Waals surface area (Å²) < 4.78 is 22.2. The second-order valence-corrected chi connectivity index (χ2v) is 7.13. The number of nitrogens with zero attached hydrogens (tertiary/aromatic N) is 3. The van der Waals surface area contributed by atoms with Crippen LogP contribution < -0.4 is 19.1 Å². The number of hydrogen-bond acceptors (Lipinski definition) is 7. The molecule has 0 atom stereocenters. The van der Waals surface area contributed by atoms with Crippen molar-refractivity contribution in [1.82, 2.24) is 15.0 Å². The zero-order chi connectivity index (χ0) is 22.1. The number of fused-ring (bicyclic) bond motifs is 3. The molecule has 8 nitrogen and oxygen atoms in total. The summed E-state index contributed by atoms with van der Waals surface area (Å²) in [5, 5.41) is 0.916. The van der Waals surface area contributed by atoms with Crippen molar-refractivity contribution >= 4 is 33.4 Å². The fourth-order valence-corrected chi connectivity index (χ4v) is 3.91. The average Bonchev–Trinajstić information content (AvgIpc) is 3.49. The molecule has 5 aromatic rings. The van der Waals surface area contributed by atoms with E-state index in [2.05, 4.69) is 15.0 Å². The number of anilines is 2. The summed E-state index contributed by atoms with van der Waals surface area (Å²) in [6.45, 7) is 0.459. The number of aromatic amines is 1. The zero-order valence-electron chi connectivity index (χ0n) is 18.0. The third kappa shape index (κ3) is 3.26. The number of methoxy groups -OCH3 is 3. The third-order valence-electron chi connectivity index (χ3n) is 5.40. The Labute approximate surface area is 184 Å². The van der Waals surface area contributed by atoms with Crippen molar-refractivity contribution in [2.45, 2.75) is 6.54 Å². The topological polar surface area (TPSA) is 85.6 Å². The van der Waals surface area contributed by atoms with Crippen LogP contribution in [-0.2, 0) is 6.54 Å². The molecule has 32 heavy (non-hydrogen) atoms. The van der Waals surface area contributed by atoms with Gasteiger partial charge in [0.2, 0.25) is 0 Å². The molecule has 2 aromatic carbocycles. The Bertz CT molecular complexity index is 1380. The molecule has 3 aromatic heterocycles. The summed E-state index contributed by atoms with van der Waals surface area (Å²) >= 11 is 0. The summed E-state index contributed by atoms with van der Waals surface area (Å²) in [5.41, 5.74) is 3.37. The molecule has 1 N–H and O–H groups in total. The minimum absolute atomic E-state index is 0.459. The van der Waals surface area contributed by atoms with Crippen molar-refractivity contribution in [2.75, 3.05) is 26.2 Å². The van der Waals surface area contributed by atoms with Crippen LogP contribution in [0.5, 0.6) is 17.2 Å². The van der Waals surface area contributed by atoms with Crippen LogP contribution in [0.15, 0.2) is 65.5 Å². The number of rotatable bonds is 7. The summed E-state index contributed by atoms with van der Waals surface area (Å²) in [7, 11) is 4.89. The maximum Gasteiger partial charge on any atom is 0.162 e. The number of aromatic nitrogens is 3. The van der Waals surface area contributed by atoms with Crippen LogP contribution >= 0.6 is 0 Å². The van der Waals surface area contributed by atoms with Gasteiger partial charge in [0.25, 0.3) is 0 Å². The minimum Gasteiger partial charge on any atom is -0.496 e. The molecule has 162 valence electrons. The van der Waals surface area contributed by atoms with Crippen LogP contribution in [0.1, 0.15) is 5.76 Å². The highest BCUT2D eigenvalue weighted by Gasteiger charge is 2.21. The largest absolute Gasteiger partial charge is 0.496 e. The molecular formula is C24H22N4O4. The van der Waals surface area contributed by atoms with E-state index < -0.39 is 0 Å². The predicted octanol–water partition coefficient (Wildman–Crippen LogP) is 5.07. The van der Waals surface area contributed by atoms with Crippen molar-refractivity contribution in [3.8, 4) is 17.2 Å². The van der Waals surface area contributed by atoms with Crippen molar-refractivity contribution in [3.05, 3.63) is 66.9 Å². The molecule has 0 saturated carbocycles. The van der Waals surface area contributed by atoms with Crippen molar-refractivity contribution in [1.29, 1.82) is 0 Å². The Morgan fingerprint density at radius 3 is 2.50 bits per heavy atom. The SMILES string of the molecule is COc1ccc(N(Cc2ccco2)c2ncnc3c2[nH]c2cccc(OC)c23)cc1OC. The highest BCUT2D eigenvalue weighted by molar-refractivity contribution is 6.11. The molecule has 0 saturated heterocycles. The summed E-state index contributed by atoms with van der Waals surface area (Å²) in [6.07, 6.45) is 3.22. The van der Waals surface area contributed by atoms with E-state index in [0.717, 1.165) is 39.1 Å². The van der Waals surface area contributed by atoms with Crippen molar-refractivity contribution in [2.24, 2.45) is 0 Å². The first-order valence-electron chi connectivity index (χ1n) is 10.0. The van der Waals surface area contributed by atoms with E-state index in [9.17, 15) is 0 Å². The van der Waals surface area contributed by atoms with Gasteiger partial charge in [0.15, 0.2) is 17.3 Å². The monoisotopic (exact) mass is 430 g/mol. The molecule has 0 bridgehead atoms. The van der Waals surface area contributed by atoms with Crippen LogP contribution in [0.4, 0.5) is 11.5 Å². The molecular weight excluding hydrogens is 408 g/mol. The normalized spacial score (nSPS) is 11.1. The van der Waals surface area contributed by atoms with Gasteiger partial charge < -0.3 is 28.5 Å². The third-order valence-corrected chi connectivity index (χ3v) is 5.40. The lowest BCUT2D eigenvalue weighted by molar-refractivity contribution is 0.355. The fourth-order valence-electron chi connectivity index (χ4n) is 3.91. The van der Waals surface area contributed by atoms with E-state index in [1.54, 1.807) is 33.9 Å². The van der Waals surface area contributed by atoms with Gasteiger partial charge in [-0.2, -0.15) is 0 Å². The van der Waals surface area contributed by atoms with Crippen molar-refractivity contribution in [3.63, 3.8) is 0 Å². The number of furan rings is 1. The van der Waals surface area contributed by atoms with E-state index in [1.165, 1.54) is 0 Å². The molecule has 0 aliphatic heterocycles. The summed E-state index contributed by atoms with van der Waals surface area (Å²) in [4.78, 5) is 14.7. The van der Waals surface area contributed by atoms with E-state index >= 15 is 0 Å². The maximum absolute atomic E-state index is 5.64. The molecule has 0 unspecified atom stereocenters. The molecule has 0 fully saturated rings. The maximum atomic E-state index is 5.64. The van der Waals surface area contributed by atoms with Gasteiger partial charge in [-0.3, -0.25) is 0 Å². The Morgan fingerprint density at radius 2 is 1.75 bits per heavy atom. The minimum atomic E-state index is 0.459. The molecule has 0 spiro atoms. The van der Waals surface area contributed by atoms with Gasteiger partial charge in [0.1, 0.15) is 28.9 Å². The van der Waals surface area contributed by atoms with Crippen LogP contribution in [0, 0.1) is 0 Å². The second-order valence-electron chi connectivity index (χ2n) is 7.13. The number of hydrogen-bond donors (Lipinski definition) is 1. The van der Waals surface area contributed by atoms with E-state index in [1.807, 2.05) is 53.4 Å². The van der Waals surface area contributed by atoms with Gasteiger partial charge in [-0.05, 0) is 36.4 Å². The lowest BCUT2D eigenvalue weighted by atomic mass is 10.2. The average molecular weight is 430 g/mol. The van der Waals surface area contributed by atoms with E-state index in [4.69, 9.17) is 18.6 Å². The van der Waals surface area contributed by atoms with Gasteiger partial charge in [0.05, 0.1) is 45.0 Å². The molecule has 0 radical (unpaired) electrons. The first-order chi connectivity index (χ1) is 15.7. The number of nitrogens with one attached hydrogen (secondary N) is 1. The molecule has 0 amide bonds. The number of benzene rings is 2. The van der Waals surface area contributed by atoms with Crippen LogP contribution in [0.25, 0.3) is 21.9 Å². The Morgan fingerprint density at radius 1 is 0.906 bits per heavy atom. The number of ether oxygens (including phenoxy) is 3. The van der Waals surface area contributed by atoms with Crippen molar-refractivity contribution < 1.29 is 18.6 Å².